The van der Waals surface area contributed by atoms with E-state index in [9.17, 15) is 21.6 Å². The maximum absolute atomic E-state index is 14.1. The van der Waals surface area contributed by atoms with Gasteiger partial charge in [0.25, 0.3) is 0 Å². The smallest absolute Gasteiger partial charge is 0.220 e. The Morgan fingerprint density at radius 1 is 0.806 bits per heavy atom. The predicted molar refractivity (Wildman–Crippen MR) is 114 cm³/mol. The van der Waals surface area contributed by atoms with E-state index in [2.05, 4.69) is 10.3 Å². The molecule has 0 spiro atoms. The molecule has 0 aliphatic carbocycles. The van der Waals surface area contributed by atoms with E-state index >= 15 is 0 Å². The number of benzene rings is 2. The Labute approximate surface area is 181 Å². The van der Waals surface area contributed by atoms with Gasteiger partial charge in [-0.25, -0.2) is 16.8 Å². The number of sulfone groups is 2. The van der Waals surface area contributed by atoms with E-state index in [1.807, 2.05) is 0 Å². The van der Waals surface area contributed by atoms with Gasteiger partial charge >= 0.3 is 0 Å². The Morgan fingerprint density at radius 2 is 1.35 bits per heavy atom. The summed E-state index contributed by atoms with van der Waals surface area (Å²) in [5.74, 6) is -0.420. The summed E-state index contributed by atoms with van der Waals surface area (Å²) >= 11 is 0. The van der Waals surface area contributed by atoms with Gasteiger partial charge in [0.1, 0.15) is 0 Å². The lowest BCUT2D eigenvalue weighted by atomic mass is 9.97. The van der Waals surface area contributed by atoms with Crippen LogP contribution in [0.3, 0.4) is 0 Å². The van der Waals surface area contributed by atoms with E-state index in [0.717, 1.165) is 0 Å². The van der Waals surface area contributed by atoms with Crippen LogP contribution in [0, 0.1) is 0 Å². The van der Waals surface area contributed by atoms with Crippen molar-refractivity contribution in [2.24, 2.45) is 0 Å². The van der Waals surface area contributed by atoms with Crippen LogP contribution < -0.4 is 5.32 Å². The summed E-state index contributed by atoms with van der Waals surface area (Å²) in [6.45, 7) is 0. The Hall–Kier alpha value is -3.04. The molecule has 1 unspecified atom stereocenters. The zero-order valence-corrected chi connectivity index (χ0v) is 18.0. The molecule has 0 radical (unpaired) electrons. The van der Waals surface area contributed by atoms with Gasteiger partial charge in [-0.15, -0.1) is 0 Å². The average Bonchev–Trinajstić information content (AvgIpc) is 2.80. The molecule has 4 rings (SSSR count). The molecule has 3 aromatic rings. The molecule has 9 heteroatoms. The highest BCUT2D eigenvalue weighted by molar-refractivity contribution is 8.10. The first kappa shape index (κ1) is 21.2. The van der Waals surface area contributed by atoms with Crippen LogP contribution >= 0.6 is 0 Å². The first-order valence-electron chi connectivity index (χ1n) is 9.59. The Bertz CT molecular complexity index is 1220. The summed E-state index contributed by atoms with van der Waals surface area (Å²) < 4.78 is 53.9. The van der Waals surface area contributed by atoms with Crippen molar-refractivity contribution in [2.45, 2.75) is 32.8 Å². The van der Waals surface area contributed by atoms with Crippen molar-refractivity contribution in [3.63, 3.8) is 0 Å². The monoisotopic (exact) mass is 456 g/mol. The van der Waals surface area contributed by atoms with Gasteiger partial charge in [0.05, 0.1) is 15.8 Å². The molecular formula is C22H20N2O5S2. The molecule has 1 aliphatic rings. The van der Waals surface area contributed by atoms with Crippen LogP contribution in [0.2, 0.25) is 0 Å². The molecule has 0 bridgehead atoms. The van der Waals surface area contributed by atoms with E-state index in [1.165, 1.54) is 60.9 Å². The molecule has 1 N–H and O–H groups in total. The van der Waals surface area contributed by atoms with Gasteiger partial charge in [0.15, 0.2) is 0 Å². The summed E-state index contributed by atoms with van der Waals surface area (Å²) in [4.78, 5) is 16.1. The third kappa shape index (κ3) is 3.34. The predicted octanol–water partition coefficient (Wildman–Crippen LogP) is 2.68. The van der Waals surface area contributed by atoms with Gasteiger partial charge < -0.3 is 5.32 Å². The lowest BCUT2D eigenvalue weighted by molar-refractivity contribution is -0.123. The minimum Gasteiger partial charge on any atom is -0.347 e. The molecule has 1 amide bonds. The Kier molecular flexibility index (Phi) is 5.40. The molecule has 2 aromatic carbocycles. The molecule has 7 nitrogen and oxygen atoms in total. The quantitative estimate of drug-likeness (QED) is 0.632. The third-order valence-electron chi connectivity index (χ3n) is 5.48. The zero-order chi connectivity index (χ0) is 22.1. The average molecular weight is 457 g/mol. The molecule has 160 valence electrons. The van der Waals surface area contributed by atoms with Crippen molar-refractivity contribution in [1.82, 2.24) is 10.3 Å². The van der Waals surface area contributed by atoms with Crippen LogP contribution in [0.15, 0.2) is 95.0 Å². The normalized spacial score (nSPS) is 18.8. The molecule has 1 aliphatic heterocycles. The highest BCUT2D eigenvalue weighted by Gasteiger charge is 2.63. The Balaban J connectivity index is 2.08. The fraction of sp³-hybridized carbons (Fsp3) is 0.182. The topological polar surface area (TPSA) is 110 Å². The standard InChI is InChI=1S/C22H20N2O5S2/c25-20-13-14-22(21(24-20)17-8-7-15-23-16-17,30(26,27)18-9-3-1-4-10-18)31(28,29)19-11-5-2-6-12-19/h1-12,15-16,21H,13-14H2,(H,24,25). The van der Waals surface area contributed by atoms with E-state index < -0.39 is 35.7 Å². The van der Waals surface area contributed by atoms with Crippen LogP contribution in [0.1, 0.15) is 24.4 Å². The summed E-state index contributed by atoms with van der Waals surface area (Å²) in [6.07, 6.45) is 2.25. The zero-order valence-electron chi connectivity index (χ0n) is 16.4. The number of nitrogens with one attached hydrogen (secondary N) is 1. The van der Waals surface area contributed by atoms with Crippen LogP contribution in [0.25, 0.3) is 0 Å². The van der Waals surface area contributed by atoms with Crippen LogP contribution in [-0.4, -0.2) is 31.8 Å². The van der Waals surface area contributed by atoms with E-state index in [0.29, 0.717) is 5.56 Å². The van der Waals surface area contributed by atoms with Gasteiger partial charge in [-0.05, 0) is 42.3 Å². The number of amides is 1. The van der Waals surface area contributed by atoms with E-state index in [4.69, 9.17) is 0 Å². The number of carbonyl (C=O) groups is 1. The molecule has 0 saturated carbocycles. The summed E-state index contributed by atoms with van der Waals surface area (Å²) in [7, 11) is -8.96. The van der Waals surface area contributed by atoms with Crippen LogP contribution in [0.5, 0.6) is 0 Å². The van der Waals surface area contributed by atoms with Crippen molar-refractivity contribution >= 4 is 25.6 Å². The van der Waals surface area contributed by atoms with Crippen LogP contribution in [-0.2, 0) is 24.5 Å². The van der Waals surface area contributed by atoms with E-state index in [1.54, 1.807) is 24.3 Å². The van der Waals surface area contributed by atoms with Gasteiger partial charge in [-0.3, -0.25) is 9.78 Å². The second kappa shape index (κ2) is 7.90. The second-order valence-electron chi connectivity index (χ2n) is 7.23. The summed E-state index contributed by atoms with van der Waals surface area (Å²) in [5, 5.41) is 2.64. The van der Waals surface area contributed by atoms with Crippen molar-refractivity contribution in [3.8, 4) is 0 Å². The number of aromatic nitrogens is 1. The number of hydrogen-bond donors (Lipinski definition) is 1. The van der Waals surface area contributed by atoms with Crippen molar-refractivity contribution in [2.75, 3.05) is 0 Å². The first-order chi connectivity index (χ1) is 14.8. The van der Waals surface area contributed by atoms with Gasteiger partial charge in [-0.1, -0.05) is 42.5 Å². The van der Waals surface area contributed by atoms with Gasteiger partial charge in [0.2, 0.25) is 29.7 Å². The van der Waals surface area contributed by atoms with Crippen molar-refractivity contribution < 1.29 is 21.6 Å². The lowest BCUT2D eigenvalue weighted by Crippen LogP contribution is -2.59. The minimum atomic E-state index is -4.48. The van der Waals surface area contributed by atoms with Crippen LogP contribution in [0.4, 0.5) is 0 Å². The molecule has 1 atom stereocenters. The highest BCUT2D eigenvalue weighted by Crippen LogP contribution is 2.49. The summed E-state index contributed by atoms with van der Waals surface area (Å²) in [5.41, 5.74) is 0.301. The molecule has 1 saturated heterocycles. The number of nitrogens with zero attached hydrogens (tertiary/aromatic N) is 1. The van der Waals surface area contributed by atoms with Gasteiger partial charge in [-0.2, -0.15) is 0 Å². The molecular weight excluding hydrogens is 436 g/mol. The number of hydrogen-bond acceptors (Lipinski definition) is 6. The Morgan fingerprint density at radius 3 is 1.84 bits per heavy atom. The first-order valence-corrected chi connectivity index (χ1v) is 12.6. The largest absolute Gasteiger partial charge is 0.347 e. The van der Waals surface area contributed by atoms with Crippen molar-refractivity contribution in [1.29, 1.82) is 0 Å². The summed E-state index contributed by atoms with van der Waals surface area (Å²) in [6, 6.07) is 16.7. The maximum atomic E-state index is 14.1. The number of pyridine rings is 1. The van der Waals surface area contributed by atoms with Gasteiger partial charge in [0, 0.05) is 18.8 Å². The van der Waals surface area contributed by atoms with Crippen molar-refractivity contribution in [3.05, 3.63) is 90.8 Å². The second-order valence-corrected chi connectivity index (χ2v) is 11.9. The molecule has 31 heavy (non-hydrogen) atoms. The highest BCUT2D eigenvalue weighted by atomic mass is 32.3. The minimum absolute atomic E-state index is 0.125. The molecule has 2 heterocycles. The fourth-order valence-corrected chi connectivity index (χ4v) is 9.29. The lowest BCUT2D eigenvalue weighted by Gasteiger charge is -2.42. The maximum Gasteiger partial charge on any atom is 0.220 e. The fourth-order valence-electron chi connectivity index (χ4n) is 3.98. The molecule has 1 aromatic heterocycles. The third-order valence-corrected chi connectivity index (χ3v) is 11.3. The molecule has 1 fully saturated rings. The number of piperidine rings is 1. The number of carbonyl (C=O) groups excluding carboxylic acids is 1. The SMILES string of the molecule is O=C1CCC(S(=O)(=O)c2ccccc2)(S(=O)(=O)c2ccccc2)C(c2cccnc2)N1. The van der Waals surface area contributed by atoms with E-state index in [-0.39, 0.29) is 22.6 Å². The number of rotatable bonds is 5.